The second-order valence-electron chi connectivity index (χ2n) is 4.68. The molecule has 3 rings (SSSR count). The lowest BCUT2D eigenvalue weighted by molar-refractivity contribution is 0.303. The fourth-order valence-electron chi connectivity index (χ4n) is 2.20. The van der Waals surface area contributed by atoms with Gasteiger partial charge in [0.25, 0.3) is 0 Å². The first-order chi connectivity index (χ1) is 9.75. The lowest BCUT2D eigenvalue weighted by Gasteiger charge is -2.11. The minimum atomic E-state index is 0.249. The number of ether oxygens (including phenoxy) is 1. The van der Waals surface area contributed by atoms with Crippen LogP contribution in [0.3, 0.4) is 0 Å². The van der Waals surface area contributed by atoms with Crippen molar-refractivity contribution >= 4 is 10.9 Å². The Bertz CT molecular complexity index is 748. The quantitative estimate of drug-likeness (QED) is 0.782. The minimum Gasteiger partial charge on any atom is -0.508 e. The Kier molecular flexibility index (Phi) is 3.25. The molecule has 0 radical (unpaired) electrons. The van der Waals surface area contributed by atoms with Crippen molar-refractivity contribution in [2.75, 3.05) is 0 Å². The predicted molar refractivity (Wildman–Crippen MR) is 78.9 cm³/mol. The minimum absolute atomic E-state index is 0.249. The molecule has 1 heterocycles. The van der Waals surface area contributed by atoms with Crippen LogP contribution in [0.4, 0.5) is 0 Å². The lowest BCUT2D eigenvalue weighted by Crippen LogP contribution is -1.98. The van der Waals surface area contributed by atoms with Crippen LogP contribution in [0.15, 0.2) is 54.7 Å². The highest BCUT2D eigenvalue weighted by Crippen LogP contribution is 2.27. The van der Waals surface area contributed by atoms with Gasteiger partial charge in [0.2, 0.25) is 0 Å². The average molecular weight is 265 g/mol. The first kappa shape index (κ1) is 12.5. The maximum atomic E-state index is 9.68. The molecule has 1 N–H and O–H groups in total. The van der Waals surface area contributed by atoms with Crippen molar-refractivity contribution in [2.24, 2.45) is 0 Å². The van der Waals surface area contributed by atoms with Crippen LogP contribution < -0.4 is 4.74 Å². The summed E-state index contributed by atoms with van der Waals surface area (Å²) in [5.41, 5.74) is 2.74. The molecule has 1 aromatic heterocycles. The summed E-state index contributed by atoms with van der Waals surface area (Å²) < 4.78 is 5.81. The zero-order valence-corrected chi connectivity index (χ0v) is 11.2. The highest BCUT2D eigenvalue weighted by Gasteiger charge is 2.06. The summed E-state index contributed by atoms with van der Waals surface area (Å²) in [4.78, 5) is 4.40. The van der Waals surface area contributed by atoms with Crippen molar-refractivity contribution < 1.29 is 9.84 Å². The van der Waals surface area contributed by atoms with Crippen molar-refractivity contribution in [1.29, 1.82) is 0 Å². The van der Waals surface area contributed by atoms with Gasteiger partial charge >= 0.3 is 0 Å². The number of aromatic nitrogens is 1. The van der Waals surface area contributed by atoms with Crippen molar-refractivity contribution in [2.45, 2.75) is 13.5 Å². The van der Waals surface area contributed by atoms with E-state index in [4.69, 9.17) is 4.74 Å². The Labute approximate surface area is 117 Å². The lowest BCUT2D eigenvalue weighted by atomic mass is 10.1. The van der Waals surface area contributed by atoms with E-state index in [2.05, 4.69) is 4.98 Å². The number of para-hydroxylation sites is 1. The summed E-state index contributed by atoms with van der Waals surface area (Å²) in [6.45, 7) is 2.27. The molecule has 0 unspecified atom stereocenters. The SMILES string of the molecule is Cc1c(O)cccc1OCc1cccc2cccnc12. The van der Waals surface area contributed by atoms with Gasteiger partial charge in [0, 0.05) is 22.7 Å². The molecule has 0 atom stereocenters. The number of benzene rings is 2. The molecular formula is C17H15NO2. The first-order valence-corrected chi connectivity index (χ1v) is 6.50. The topological polar surface area (TPSA) is 42.4 Å². The van der Waals surface area contributed by atoms with Crippen molar-refractivity contribution in [3.05, 3.63) is 65.9 Å². The fourth-order valence-corrected chi connectivity index (χ4v) is 2.20. The summed E-state index contributed by atoms with van der Waals surface area (Å²) in [6.07, 6.45) is 1.78. The molecule has 0 aliphatic carbocycles. The molecule has 0 aliphatic heterocycles. The Morgan fingerprint density at radius 2 is 1.85 bits per heavy atom. The number of nitrogens with zero attached hydrogens (tertiary/aromatic N) is 1. The van der Waals surface area contributed by atoms with Crippen LogP contribution in [0, 0.1) is 6.92 Å². The van der Waals surface area contributed by atoms with Crippen molar-refractivity contribution in [1.82, 2.24) is 4.98 Å². The van der Waals surface area contributed by atoms with Gasteiger partial charge in [0.1, 0.15) is 18.1 Å². The van der Waals surface area contributed by atoms with Gasteiger partial charge in [-0.05, 0) is 25.1 Å². The second kappa shape index (κ2) is 5.21. The van der Waals surface area contributed by atoms with E-state index in [-0.39, 0.29) is 5.75 Å². The van der Waals surface area contributed by atoms with Crippen molar-refractivity contribution in [3.63, 3.8) is 0 Å². The molecular weight excluding hydrogens is 250 g/mol. The number of hydrogen-bond acceptors (Lipinski definition) is 3. The molecule has 0 saturated carbocycles. The van der Waals surface area contributed by atoms with Gasteiger partial charge in [0.15, 0.2) is 0 Å². The van der Waals surface area contributed by atoms with Crippen LogP contribution in [0.25, 0.3) is 10.9 Å². The largest absolute Gasteiger partial charge is 0.508 e. The molecule has 20 heavy (non-hydrogen) atoms. The monoisotopic (exact) mass is 265 g/mol. The number of hydrogen-bond donors (Lipinski definition) is 1. The van der Waals surface area contributed by atoms with E-state index in [1.807, 2.05) is 43.3 Å². The maximum absolute atomic E-state index is 9.68. The summed E-state index contributed by atoms with van der Waals surface area (Å²) in [5.74, 6) is 0.941. The first-order valence-electron chi connectivity index (χ1n) is 6.50. The molecule has 3 aromatic rings. The van der Waals surface area contributed by atoms with E-state index < -0.39 is 0 Å². The molecule has 0 fully saturated rings. The van der Waals surface area contributed by atoms with Crippen molar-refractivity contribution in [3.8, 4) is 11.5 Å². The van der Waals surface area contributed by atoms with E-state index in [0.717, 1.165) is 22.0 Å². The molecule has 0 saturated heterocycles. The van der Waals surface area contributed by atoms with E-state index in [0.29, 0.717) is 12.4 Å². The maximum Gasteiger partial charge on any atom is 0.126 e. The molecule has 0 spiro atoms. The van der Waals surface area contributed by atoms with E-state index in [1.54, 1.807) is 18.3 Å². The zero-order chi connectivity index (χ0) is 13.9. The van der Waals surface area contributed by atoms with Crippen LogP contribution in [-0.2, 0) is 6.61 Å². The molecule has 2 aromatic carbocycles. The molecule has 0 bridgehead atoms. The summed E-state index contributed by atoms with van der Waals surface area (Å²) in [5, 5.41) is 10.8. The van der Waals surface area contributed by atoms with Gasteiger partial charge in [-0.1, -0.05) is 30.3 Å². The highest BCUT2D eigenvalue weighted by atomic mass is 16.5. The number of fused-ring (bicyclic) bond motifs is 1. The van der Waals surface area contributed by atoms with Gasteiger partial charge in [-0.3, -0.25) is 4.98 Å². The average Bonchev–Trinajstić information content (AvgIpc) is 2.49. The van der Waals surface area contributed by atoms with Crippen LogP contribution in [0.1, 0.15) is 11.1 Å². The second-order valence-corrected chi connectivity index (χ2v) is 4.68. The Balaban J connectivity index is 1.89. The summed E-state index contributed by atoms with van der Waals surface area (Å²) in [7, 11) is 0. The van der Waals surface area contributed by atoms with Crippen LogP contribution in [0.5, 0.6) is 11.5 Å². The number of phenols is 1. The van der Waals surface area contributed by atoms with Crippen LogP contribution in [-0.4, -0.2) is 10.1 Å². The highest BCUT2D eigenvalue weighted by molar-refractivity contribution is 5.81. The standard InChI is InChI=1S/C17H15NO2/c1-12-15(19)8-3-9-16(12)20-11-14-6-2-5-13-7-4-10-18-17(13)14/h2-10,19H,11H2,1H3. The van der Waals surface area contributed by atoms with E-state index in [9.17, 15) is 5.11 Å². The summed E-state index contributed by atoms with van der Waals surface area (Å²) in [6, 6.07) is 15.3. The third kappa shape index (κ3) is 2.30. The molecule has 100 valence electrons. The number of rotatable bonds is 3. The third-order valence-electron chi connectivity index (χ3n) is 3.35. The van der Waals surface area contributed by atoms with Crippen LogP contribution in [0.2, 0.25) is 0 Å². The normalized spacial score (nSPS) is 10.7. The van der Waals surface area contributed by atoms with E-state index >= 15 is 0 Å². The van der Waals surface area contributed by atoms with Gasteiger partial charge in [-0.25, -0.2) is 0 Å². The van der Waals surface area contributed by atoms with Gasteiger partial charge in [0.05, 0.1) is 5.52 Å². The number of phenolic OH excluding ortho intramolecular Hbond substituents is 1. The van der Waals surface area contributed by atoms with E-state index in [1.165, 1.54) is 0 Å². The zero-order valence-electron chi connectivity index (χ0n) is 11.2. The fraction of sp³-hybridized carbons (Fsp3) is 0.118. The molecule has 3 heteroatoms. The smallest absolute Gasteiger partial charge is 0.126 e. The third-order valence-corrected chi connectivity index (χ3v) is 3.35. The molecule has 0 amide bonds. The molecule has 3 nitrogen and oxygen atoms in total. The predicted octanol–water partition coefficient (Wildman–Crippen LogP) is 3.83. The summed E-state index contributed by atoms with van der Waals surface area (Å²) >= 11 is 0. The van der Waals surface area contributed by atoms with Gasteiger partial charge in [-0.15, -0.1) is 0 Å². The Hall–Kier alpha value is -2.55. The van der Waals surface area contributed by atoms with Gasteiger partial charge < -0.3 is 9.84 Å². The Morgan fingerprint density at radius 3 is 2.75 bits per heavy atom. The van der Waals surface area contributed by atoms with Gasteiger partial charge in [-0.2, -0.15) is 0 Å². The molecule has 0 aliphatic rings. The Morgan fingerprint density at radius 1 is 1.05 bits per heavy atom. The van der Waals surface area contributed by atoms with Crippen LogP contribution >= 0.6 is 0 Å². The number of pyridine rings is 1. The number of aromatic hydroxyl groups is 1.